The van der Waals surface area contributed by atoms with Gasteiger partial charge in [-0.1, -0.05) is 35.9 Å². The first-order valence-corrected chi connectivity index (χ1v) is 10.6. The fourth-order valence-electron chi connectivity index (χ4n) is 2.53. The van der Waals surface area contributed by atoms with E-state index in [1.54, 1.807) is 26.3 Å². The van der Waals surface area contributed by atoms with Gasteiger partial charge in [-0.05, 0) is 36.2 Å². The Balaban J connectivity index is 1.75. The monoisotopic (exact) mass is 424 g/mol. The molecule has 2 rings (SSSR count). The van der Waals surface area contributed by atoms with Crippen LogP contribution in [0.1, 0.15) is 5.56 Å². The molecule has 0 amide bonds. The highest BCUT2D eigenvalue weighted by Gasteiger charge is 2.13. The fourth-order valence-corrected chi connectivity index (χ4v) is 3.86. The van der Waals surface area contributed by atoms with Crippen molar-refractivity contribution in [3.05, 3.63) is 59.1 Å². The molecule has 3 N–H and O–H groups in total. The average molecular weight is 425 g/mol. The third-order valence-corrected chi connectivity index (χ3v) is 5.61. The van der Waals surface area contributed by atoms with Crippen molar-refractivity contribution in [2.45, 2.75) is 11.3 Å². The lowest BCUT2D eigenvalue weighted by atomic mass is 10.1. The second kappa shape index (κ2) is 10.9. The number of hydrogen-bond donors (Lipinski definition) is 3. The second-order valence-electron chi connectivity index (χ2n) is 5.84. The van der Waals surface area contributed by atoms with Crippen LogP contribution in [0.2, 0.25) is 5.02 Å². The standard InChI is InChI=1S/C19H25ClN4O3S/c1-21-19(22-11-10-15-6-3-4-9-18(15)27-2)23-12-13-24-28(25,26)17-8-5-7-16(20)14-17/h3-9,14,24H,10-13H2,1-2H3,(H2,21,22,23). The molecule has 0 saturated heterocycles. The third kappa shape index (κ3) is 6.70. The number of nitrogens with one attached hydrogen (secondary N) is 3. The lowest BCUT2D eigenvalue weighted by Gasteiger charge is -2.13. The van der Waals surface area contributed by atoms with Crippen LogP contribution in [0, 0.1) is 0 Å². The zero-order valence-electron chi connectivity index (χ0n) is 15.9. The van der Waals surface area contributed by atoms with Crippen LogP contribution in [0.5, 0.6) is 5.75 Å². The number of methoxy groups -OCH3 is 1. The van der Waals surface area contributed by atoms with Crippen LogP contribution in [0.15, 0.2) is 58.4 Å². The maximum Gasteiger partial charge on any atom is 0.240 e. The van der Waals surface area contributed by atoms with Crippen LogP contribution in [0.3, 0.4) is 0 Å². The van der Waals surface area contributed by atoms with E-state index in [1.807, 2.05) is 24.3 Å². The number of ether oxygens (including phenoxy) is 1. The summed E-state index contributed by atoms with van der Waals surface area (Å²) in [4.78, 5) is 4.27. The van der Waals surface area contributed by atoms with Gasteiger partial charge in [0.1, 0.15) is 5.75 Å². The third-order valence-electron chi connectivity index (χ3n) is 3.92. The van der Waals surface area contributed by atoms with Gasteiger partial charge in [0.15, 0.2) is 5.96 Å². The van der Waals surface area contributed by atoms with Crippen molar-refractivity contribution < 1.29 is 13.2 Å². The summed E-state index contributed by atoms with van der Waals surface area (Å²) in [7, 11) is -0.285. The van der Waals surface area contributed by atoms with Gasteiger partial charge in [-0.25, -0.2) is 13.1 Å². The van der Waals surface area contributed by atoms with Gasteiger partial charge in [0.05, 0.1) is 12.0 Å². The molecule has 0 aliphatic carbocycles. The van der Waals surface area contributed by atoms with Crippen LogP contribution in [-0.2, 0) is 16.4 Å². The number of sulfonamides is 1. The summed E-state index contributed by atoms with van der Waals surface area (Å²) in [5.74, 6) is 1.44. The van der Waals surface area contributed by atoms with E-state index in [9.17, 15) is 8.42 Å². The van der Waals surface area contributed by atoms with Crippen molar-refractivity contribution in [3.63, 3.8) is 0 Å². The quantitative estimate of drug-likeness (QED) is 0.325. The molecule has 28 heavy (non-hydrogen) atoms. The van der Waals surface area contributed by atoms with E-state index in [0.717, 1.165) is 17.7 Å². The maximum absolute atomic E-state index is 12.2. The van der Waals surface area contributed by atoms with E-state index in [4.69, 9.17) is 16.3 Å². The predicted octanol–water partition coefficient (Wildman–Crippen LogP) is 2.03. The van der Waals surface area contributed by atoms with Crippen molar-refractivity contribution in [2.75, 3.05) is 33.8 Å². The molecule has 0 atom stereocenters. The number of halogens is 1. The highest BCUT2D eigenvalue weighted by molar-refractivity contribution is 7.89. The number of aliphatic imine (C=N–C) groups is 1. The molecule has 9 heteroatoms. The summed E-state index contributed by atoms with van der Waals surface area (Å²) in [6.45, 7) is 1.25. The molecule has 0 heterocycles. The van der Waals surface area contributed by atoms with E-state index in [2.05, 4.69) is 20.3 Å². The smallest absolute Gasteiger partial charge is 0.240 e. The van der Waals surface area contributed by atoms with Crippen molar-refractivity contribution in [1.82, 2.24) is 15.4 Å². The molecule has 0 spiro atoms. The average Bonchev–Trinajstić information content (AvgIpc) is 2.70. The molecule has 0 unspecified atom stereocenters. The lowest BCUT2D eigenvalue weighted by molar-refractivity contribution is 0.409. The molecule has 2 aromatic rings. The van der Waals surface area contributed by atoms with Crippen LogP contribution in [-0.4, -0.2) is 48.2 Å². The topological polar surface area (TPSA) is 91.8 Å². The number of benzene rings is 2. The summed E-state index contributed by atoms with van der Waals surface area (Å²) in [5.41, 5.74) is 1.10. The molecule has 7 nitrogen and oxygen atoms in total. The summed E-state index contributed by atoms with van der Waals surface area (Å²) in [6, 6.07) is 14.0. The van der Waals surface area contributed by atoms with E-state index in [-0.39, 0.29) is 11.4 Å². The Labute approximate surface area is 171 Å². The number of para-hydroxylation sites is 1. The Morgan fingerprint density at radius 1 is 1.07 bits per heavy atom. The number of rotatable bonds is 9. The van der Waals surface area contributed by atoms with Gasteiger partial charge in [-0.3, -0.25) is 4.99 Å². The predicted molar refractivity (Wildman–Crippen MR) is 113 cm³/mol. The Hall–Kier alpha value is -2.29. The fraction of sp³-hybridized carbons (Fsp3) is 0.316. The van der Waals surface area contributed by atoms with Crippen molar-refractivity contribution in [1.29, 1.82) is 0 Å². The Morgan fingerprint density at radius 3 is 2.54 bits per heavy atom. The highest BCUT2D eigenvalue weighted by Crippen LogP contribution is 2.17. The van der Waals surface area contributed by atoms with Gasteiger partial charge < -0.3 is 15.4 Å². The number of guanidine groups is 1. The first kappa shape index (κ1) is 22.0. The second-order valence-corrected chi connectivity index (χ2v) is 8.05. The molecule has 152 valence electrons. The van der Waals surface area contributed by atoms with Gasteiger partial charge in [0.25, 0.3) is 0 Å². The molecular weight excluding hydrogens is 400 g/mol. The molecule has 0 radical (unpaired) electrons. The Bertz CT molecular complexity index is 904. The molecule has 0 bridgehead atoms. The number of hydrogen-bond acceptors (Lipinski definition) is 4. The SMILES string of the molecule is CN=C(NCCNS(=O)(=O)c1cccc(Cl)c1)NCCc1ccccc1OC. The summed E-state index contributed by atoms with van der Waals surface area (Å²) in [5, 5.41) is 6.64. The number of nitrogens with zero attached hydrogens (tertiary/aromatic N) is 1. The minimum Gasteiger partial charge on any atom is -0.496 e. The van der Waals surface area contributed by atoms with Gasteiger partial charge in [0, 0.05) is 31.7 Å². The Morgan fingerprint density at radius 2 is 1.82 bits per heavy atom. The van der Waals surface area contributed by atoms with Gasteiger partial charge in [-0.15, -0.1) is 0 Å². The van der Waals surface area contributed by atoms with Crippen LogP contribution in [0.4, 0.5) is 0 Å². The van der Waals surface area contributed by atoms with E-state index < -0.39 is 10.0 Å². The zero-order chi connectivity index (χ0) is 20.4. The highest BCUT2D eigenvalue weighted by atomic mass is 35.5. The largest absolute Gasteiger partial charge is 0.496 e. The first-order valence-electron chi connectivity index (χ1n) is 8.78. The van der Waals surface area contributed by atoms with Crippen LogP contribution < -0.4 is 20.1 Å². The lowest BCUT2D eigenvalue weighted by Crippen LogP contribution is -2.42. The van der Waals surface area contributed by atoms with Crippen molar-refractivity contribution in [2.24, 2.45) is 4.99 Å². The van der Waals surface area contributed by atoms with Crippen molar-refractivity contribution >= 4 is 27.6 Å². The summed E-state index contributed by atoms with van der Waals surface area (Å²) in [6.07, 6.45) is 0.770. The molecule has 0 saturated carbocycles. The summed E-state index contributed by atoms with van der Waals surface area (Å²) >= 11 is 5.85. The minimum atomic E-state index is -3.60. The maximum atomic E-state index is 12.2. The molecule has 2 aromatic carbocycles. The van der Waals surface area contributed by atoms with E-state index in [1.165, 1.54) is 12.1 Å². The minimum absolute atomic E-state index is 0.138. The normalized spacial score (nSPS) is 11.9. The summed E-state index contributed by atoms with van der Waals surface area (Å²) < 4.78 is 32.3. The van der Waals surface area contributed by atoms with Gasteiger partial charge >= 0.3 is 0 Å². The van der Waals surface area contributed by atoms with Gasteiger partial charge in [-0.2, -0.15) is 0 Å². The molecule has 0 fully saturated rings. The molecular formula is C19H25ClN4O3S. The molecule has 0 aromatic heterocycles. The first-order chi connectivity index (χ1) is 13.5. The molecule has 0 aliphatic heterocycles. The van der Waals surface area contributed by atoms with Crippen molar-refractivity contribution in [3.8, 4) is 5.75 Å². The molecule has 0 aliphatic rings. The zero-order valence-corrected chi connectivity index (χ0v) is 17.5. The van der Waals surface area contributed by atoms with E-state index in [0.29, 0.717) is 24.1 Å². The van der Waals surface area contributed by atoms with Crippen LogP contribution >= 0.6 is 11.6 Å². The van der Waals surface area contributed by atoms with E-state index >= 15 is 0 Å². The Kier molecular flexibility index (Phi) is 8.56. The van der Waals surface area contributed by atoms with Crippen LogP contribution in [0.25, 0.3) is 0 Å². The van der Waals surface area contributed by atoms with Gasteiger partial charge in [0.2, 0.25) is 10.0 Å².